The van der Waals surface area contributed by atoms with Gasteiger partial charge in [0.05, 0.1) is 3.79 Å². The summed E-state index contributed by atoms with van der Waals surface area (Å²) in [6.07, 6.45) is 1.92. The Morgan fingerprint density at radius 3 is 2.60 bits per heavy atom. The Bertz CT molecular complexity index is 543. The van der Waals surface area contributed by atoms with Gasteiger partial charge in [0.1, 0.15) is 4.21 Å². The number of nitrogens with one attached hydrogen (secondary N) is 1. The molecular formula is C12H19BrN2O3S2. The van der Waals surface area contributed by atoms with Gasteiger partial charge < -0.3 is 4.90 Å². The number of carbonyl (C=O) groups is 1. The second-order valence-corrected chi connectivity index (χ2v) is 8.77. The van der Waals surface area contributed by atoms with Crippen molar-refractivity contribution < 1.29 is 13.2 Å². The standard InChI is InChI=1S/C12H19BrN2O3S2/c1-3-4-8-15(10(2)16)9-7-14-20(17,18)12-6-5-11(13)19-12/h5-6,14H,3-4,7-9H2,1-2H3. The van der Waals surface area contributed by atoms with Crippen molar-refractivity contribution in [2.45, 2.75) is 30.9 Å². The molecule has 0 spiro atoms. The van der Waals surface area contributed by atoms with Crippen molar-refractivity contribution in [2.24, 2.45) is 0 Å². The van der Waals surface area contributed by atoms with E-state index in [0.29, 0.717) is 13.1 Å². The minimum atomic E-state index is -3.48. The predicted molar refractivity (Wildman–Crippen MR) is 84.4 cm³/mol. The average molecular weight is 383 g/mol. The maximum atomic E-state index is 12.0. The highest BCUT2D eigenvalue weighted by molar-refractivity contribution is 9.11. The molecule has 1 heterocycles. The van der Waals surface area contributed by atoms with Crippen molar-refractivity contribution in [1.82, 2.24) is 9.62 Å². The Balaban J connectivity index is 2.51. The number of halogens is 1. The molecule has 20 heavy (non-hydrogen) atoms. The van der Waals surface area contributed by atoms with E-state index < -0.39 is 10.0 Å². The van der Waals surface area contributed by atoms with E-state index in [9.17, 15) is 13.2 Å². The monoisotopic (exact) mass is 382 g/mol. The van der Waals surface area contributed by atoms with Crippen LogP contribution in [0.5, 0.6) is 0 Å². The lowest BCUT2D eigenvalue weighted by Crippen LogP contribution is -2.37. The second-order valence-electron chi connectivity index (χ2n) is 4.32. The molecule has 1 N–H and O–H groups in total. The summed E-state index contributed by atoms with van der Waals surface area (Å²) < 4.78 is 27.5. The van der Waals surface area contributed by atoms with Gasteiger partial charge in [0, 0.05) is 26.6 Å². The molecule has 114 valence electrons. The molecule has 0 unspecified atom stereocenters. The van der Waals surface area contributed by atoms with Crippen molar-refractivity contribution in [3.8, 4) is 0 Å². The number of carbonyl (C=O) groups excluding carboxylic acids is 1. The highest BCUT2D eigenvalue weighted by Crippen LogP contribution is 2.25. The van der Waals surface area contributed by atoms with Crippen LogP contribution in [0.4, 0.5) is 0 Å². The lowest BCUT2D eigenvalue weighted by atomic mass is 10.3. The zero-order valence-electron chi connectivity index (χ0n) is 11.6. The zero-order chi connectivity index (χ0) is 15.2. The summed E-state index contributed by atoms with van der Waals surface area (Å²) in [4.78, 5) is 13.1. The van der Waals surface area contributed by atoms with E-state index in [-0.39, 0.29) is 16.7 Å². The molecule has 0 aliphatic rings. The van der Waals surface area contributed by atoms with E-state index in [1.807, 2.05) is 0 Å². The first-order valence-corrected chi connectivity index (χ1v) is 9.46. The van der Waals surface area contributed by atoms with Gasteiger partial charge in [-0.15, -0.1) is 11.3 Å². The summed E-state index contributed by atoms with van der Waals surface area (Å²) in [5.41, 5.74) is 0. The third-order valence-corrected chi connectivity index (χ3v) is 6.29. The van der Waals surface area contributed by atoms with Crippen LogP contribution in [0.25, 0.3) is 0 Å². The molecule has 0 saturated heterocycles. The minimum absolute atomic E-state index is 0.0310. The molecule has 1 amide bonds. The molecule has 0 fully saturated rings. The number of amides is 1. The van der Waals surface area contributed by atoms with E-state index in [0.717, 1.165) is 28.0 Å². The summed E-state index contributed by atoms with van der Waals surface area (Å²) in [5.74, 6) is -0.0310. The SMILES string of the molecule is CCCCN(CCNS(=O)(=O)c1ccc(Br)s1)C(C)=O. The highest BCUT2D eigenvalue weighted by atomic mass is 79.9. The van der Waals surface area contributed by atoms with Crippen LogP contribution in [0.3, 0.4) is 0 Å². The van der Waals surface area contributed by atoms with E-state index >= 15 is 0 Å². The summed E-state index contributed by atoms with van der Waals surface area (Å²) >= 11 is 4.40. The van der Waals surface area contributed by atoms with Gasteiger partial charge in [-0.1, -0.05) is 13.3 Å². The Morgan fingerprint density at radius 2 is 2.10 bits per heavy atom. The first-order chi connectivity index (χ1) is 9.36. The second kappa shape index (κ2) is 8.11. The third kappa shape index (κ3) is 5.51. The predicted octanol–water partition coefficient (Wildman–Crippen LogP) is 2.44. The molecule has 0 aromatic carbocycles. The highest BCUT2D eigenvalue weighted by Gasteiger charge is 2.16. The largest absolute Gasteiger partial charge is 0.342 e. The van der Waals surface area contributed by atoms with Crippen LogP contribution in [0.1, 0.15) is 26.7 Å². The summed E-state index contributed by atoms with van der Waals surface area (Å²) in [5, 5.41) is 0. The van der Waals surface area contributed by atoms with Crippen LogP contribution in [-0.2, 0) is 14.8 Å². The van der Waals surface area contributed by atoms with E-state index in [1.165, 1.54) is 6.92 Å². The van der Waals surface area contributed by atoms with Gasteiger partial charge in [0.2, 0.25) is 15.9 Å². The average Bonchev–Trinajstić information content (AvgIpc) is 2.80. The quantitative estimate of drug-likeness (QED) is 0.750. The fourth-order valence-electron chi connectivity index (χ4n) is 1.60. The van der Waals surface area contributed by atoms with Crippen LogP contribution in [0.2, 0.25) is 0 Å². The molecule has 1 aromatic rings. The van der Waals surface area contributed by atoms with Crippen molar-refractivity contribution >= 4 is 43.2 Å². The number of hydrogen-bond acceptors (Lipinski definition) is 4. The first-order valence-electron chi connectivity index (χ1n) is 6.37. The number of unbranched alkanes of at least 4 members (excludes halogenated alkanes) is 1. The van der Waals surface area contributed by atoms with Crippen LogP contribution >= 0.6 is 27.3 Å². The summed E-state index contributed by atoms with van der Waals surface area (Å²) in [7, 11) is -3.48. The molecule has 0 aliphatic heterocycles. The minimum Gasteiger partial charge on any atom is -0.342 e. The number of nitrogens with zero attached hydrogens (tertiary/aromatic N) is 1. The molecule has 0 radical (unpaired) electrons. The molecular weight excluding hydrogens is 364 g/mol. The smallest absolute Gasteiger partial charge is 0.250 e. The number of hydrogen-bond donors (Lipinski definition) is 1. The van der Waals surface area contributed by atoms with E-state index in [2.05, 4.69) is 27.6 Å². The zero-order valence-corrected chi connectivity index (χ0v) is 14.8. The molecule has 0 saturated carbocycles. The lowest BCUT2D eigenvalue weighted by Gasteiger charge is -2.20. The topological polar surface area (TPSA) is 66.5 Å². The van der Waals surface area contributed by atoms with Gasteiger partial charge in [0.25, 0.3) is 0 Å². The van der Waals surface area contributed by atoms with Gasteiger partial charge in [-0.05, 0) is 34.5 Å². The molecule has 0 aliphatic carbocycles. The van der Waals surface area contributed by atoms with E-state index in [4.69, 9.17) is 0 Å². The van der Waals surface area contributed by atoms with Gasteiger partial charge in [-0.25, -0.2) is 13.1 Å². The van der Waals surface area contributed by atoms with Gasteiger partial charge in [-0.2, -0.15) is 0 Å². The lowest BCUT2D eigenvalue weighted by molar-refractivity contribution is -0.128. The Kier molecular flexibility index (Phi) is 7.14. The molecule has 0 bridgehead atoms. The van der Waals surface area contributed by atoms with Crippen LogP contribution in [-0.4, -0.2) is 38.9 Å². The third-order valence-electron chi connectivity index (χ3n) is 2.71. The Labute approximate surface area is 132 Å². The molecule has 5 nitrogen and oxygen atoms in total. The van der Waals surface area contributed by atoms with Crippen LogP contribution in [0.15, 0.2) is 20.1 Å². The number of thiophene rings is 1. The number of rotatable bonds is 8. The number of sulfonamides is 1. The first kappa shape index (κ1) is 17.6. The summed E-state index contributed by atoms with van der Waals surface area (Å²) in [6.45, 7) is 4.83. The van der Waals surface area contributed by atoms with Crippen molar-refractivity contribution in [3.05, 3.63) is 15.9 Å². The van der Waals surface area contributed by atoms with Gasteiger partial charge >= 0.3 is 0 Å². The normalized spacial score (nSPS) is 11.6. The Morgan fingerprint density at radius 1 is 1.40 bits per heavy atom. The molecule has 8 heteroatoms. The fourth-order valence-corrected chi connectivity index (χ4v) is 4.68. The maximum Gasteiger partial charge on any atom is 0.250 e. The van der Waals surface area contributed by atoms with Crippen molar-refractivity contribution in [2.75, 3.05) is 19.6 Å². The van der Waals surface area contributed by atoms with Crippen LogP contribution in [0, 0.1) is 0 Å². The summed E-state index contributed by atoms with van der Waals surface area (Å²) in [6, 6.07) is 3.25. The molecule has 1 aromatic heterocycles. The maximum absolute atomic E-state index is 12.0. The van der Waals surface area contributed by atoms with Crippen molar-refractivity contribution in [1.29, 1.82) is 0 Å². The molecule has 0 atom stereocenters. The van der Waals surface area contributed by atoms with Crippen molar-refractivity contribution in [3.63, 3.8) is 0 Å². The van der Waals surface area contributed by atoms with Gasteiger partial charge in [0.15, 0.2) is 0 Å². The molecule has 1 rings (SSSR count). The Hall–Kier alpha value is -0.440. The van der Waals surface area contributed by atoms with Crippen LogP contribution < -0.4 is 4.72 Å². The fraction of sp³-hybridized carbons (Fsp3) is 0.583. The van der Waals surface area contributed by atoms with E-state index in [1.54, 1.807) is 17.0 Å². The van der Waals surface area contributed by atoms with Gasteiger partial charge in [-0.3, -0.25) is 4.79 Å².